The van der Waals surface area contributed by atoms with Crippen molar-refractivity contribution in [3.05, 3.63) is 40.9 Å². The van der Waals surface area contributed by atoms with Crippen LogP contribution in [0.3, 0.4) is 0 Å². The van der Waals surface area contributed by atoms with Gasteiger partial charge in [-0.3, -0.25) is 4.79 Å². The summed E-state index contributed by atoms with van der Waals surface area (Å²) in [6, 6.07) is 6.60. The second kappa shape index (κ2) is 5.32. The molecule has 3 aromatic rings. The Labute approximate surface area is 118 Å². The van der Waals surface area contributed by atoms with Gasteiger partial charge in [0, 0.05) is 23.3 Å². The van der Waals surface area contributed by atoms with E-state index in [-0.39, 0.29) is 13.0 Å². The summed E-state index contributed by atoms with van der Waals surface area (Å²) in [5.74, 6) is -0.554. The van der Waals surface area contributed by atoms with Gasteiger partial charge in [0.15, 0.2) is 11.2 Å². The molecule has 0 saturated carbocycles. The molecule has 0 fully saturated rings. The molecule has 21 heavy (non-hydrogen) atoms. The number of aliphatic carboxylic acids is 1. The van der Waals surface area contributed by atoms with Crippen LogP contribution in [0.1, 0.15) is 12.8 Å². The summed E-state index contributed by atoms with van der Waals surface area (Å²) in [6.45, 7) is 0.194. The van der Waals surface area contributed by atoms with Crippen molar-refractivity contribution in [2.75, 3.05) is 6.61 Å². The summed E-state index contributed by atoms with van der Waals surface area (Å²) in [4.78, 5) is 21.9. The Bertz CT molecular complexity index is 857. The quantitative estimate of drug-likeness (QED) is 0.573. The zero-order chi connectivity index (χ0) is 14.8. The Balaban J connectivity index is 2.03. The summed E-state index contributed by atoms with van der Waals surface area (Å²) in [5, 5.41) is 10.2. The number of carboxylic acid groups (broad SMARTS) is 1. The highest BCUT2D eigenvalue weighted by molar-refractivity contribution is 5.99. The maximum atomic E-state index is 11.4. The van der Waals surface area contributed by atoms with Crippen molar-refractivity contribution in [2.45, 2.75) is 12.8 Å². The Hall–Kier alpha value is -2.76. The van der Waals surface area contributed by atoms with Crippen LogP contribution < -0.4 is 10.4 Å². The molecule has 3 rings (SSSR count). The topological polar surface area (TPSA) is 89.9 Å². The molecule has 1 aromatic carbocycles. The molecule has 0 spiro atoms. The largest absolute Gasteiger partial charge is 0.486 e. The van der Waals surface area contributed by atoms with Gasteiger partial charge in [0.25, 0.3) is 0 Å². The second-order valence-corrected chi connectivity index (χ2v) is 4.56. The molecule has 0 radical (unpaired) electrons. The lowest BCUT2D eigenvalue weighted by molar-refractivity contribution is -0.137. The lowest BCUT2D eigenvalue weighted by Gasteiger charge is -2.08. The van der Waals surface area contributed by atoms with Crippen molar-refractivity contribution in [2.24, 2.45) is 0 Å². The smallest absolute Gasteiger partial charge is 0.336 e. The summed E-state index contributed by atoms with van der Waals surface area (Å²) in [6.07, 6.45) is 1.88. The Morgan fingerprint density at radius 2 is 2.00 bits per heavy atom. The van der Waals surface area contributed by atoms with E-state index in [0.717, 1.165) is 10.8 Å². The predicted molar refractivity (Wildman–Crippen MR) is 74.6 cm³/mol. The Morgan fingerprint density at radius 1 is 1.19 bits per heavy atom. The van der Waals surface area contributed by atoms with Crippen LogP contribution in [0.4, 0.5) is 0 Å². The van der Waals surface area contributed by atoms with Gasteiger partial charge in [0.1, 0.15) is 0 Å². The van der Waals surface area contributed by atoms with Gasteiger partial charge in [-0.2, -0.15) is 0 Å². The summed E-state index contributed by atoms with van der Waals surface area (Å²) in [7, 11) is 0. The minimum atomic E-state index is -0.883. The van der Waals surface area contributed by atoms with E-state index in [2.05, 4.69) is 0 Å². The molecule has 0 saturated heterocycles. The molecule has 108 valence electrons. The molecular formula is C15H12O6. The fourth-order valence-corrected chi connectivity index (χ4v) is 2.13. The molecule has 0 unspecified atom stereocenters. The van der Waals surface area contributed by atoms with E-state index in [9.17, 15) is 9.59 Å². The van der Waals surface area contributed by atoms with E-state index in [0.29, 0.717) is 23.3 Å². The van der Waals surface area contributed by atoms with Crippen molar-refractivity contribution in [1.82, 2.24) is 0 Å². The number of benzene rings is 1. The van der Waals surface area contributed by atoms with Gasteiger partial charge in [0.05, 0.1) is 12.9 Å². The lowest BCUT2D eigenvalue weighted by Crippen LogP contribution is -2.03. The van der Waals surface area contributed by atoms with Gasteiger partial charge in [0.2, 0.25) is 5.75 Å². The lowest BCUT2D eigenvalue weighted by atomic mass is 10.1. The fourth-order valence-electron chi connectivity index (χ4n) is 2.13. The van der Waals surface area contributed by atoms with Gasteiger partial charge in [-0.15, -0.1) is 0 Å². The van der Waals surface area contributed by atoms with Crippen molar-refractivity contribution >= 4 is 27.9 Å². The Morgan fingerprint density at radius 3 is 2.81 bits per heavy atom. The summed E-state index contributed by atoms with van der Waals surface area (Å²) < 4.78 is 16.2. The molecule has 0 atom stereocenters. The highest BCUT2D eigenvalue weighted by Gasteiger charge is 2.14. The third kappa shape index (κ3) is 2.60. The van der Waals surface area contributed by atoms with Gasteiger partial charge >= 0.3 is 11.6 Å². The number of furan rings is 1. The van der Waals surface area contributed by atoms with Gasteiger partial charge in [-0.1, -0.05) is 0 Å². The van der Waals surface area contributed by atoms with Crippen LogP contribution in [0.15, 0.2) is 44.2 Å². The SMILES string of the molecule is O=C(O)CCCOc1c2occc2cc2ccc(=O)oc12. The molecule has 6 nitrogen and oxygen atoms in total. The van der Waals surface area contributed by atoms with Crippen molar-refractivity contribution in [3.63, 3.8) is 0 Å². The highest BCUT2D eigenvalue weighted by atomic mass is 16.5. The van der Waals surface area contributed by atoms with Crippen molar-refractivity contribution in [1.29, 1.82) is 0 Å². The van der Waals surface area contributed by atoms with Gasteiger partial charge < -0.3 is 18.7 Å². The molecule has 0 aliphatic carbocycles. The second-order valence-electron chi connectivity index (χ2n) is 4.56. The monoisotopic (exact) mass is 288 g/mol. The number of ether oxygens (including phenoxy) is 1. The maximum absolute atomic E-state index is 11.4. The molecule has 0 aliphatic rings. The first-order valence-corrected chi connectivity index (χ1v) is 6.44. The van der Waals surface area contributed by atoms with E-state index in [4.69, 9.17) is 18.7 Å². The number of rotatable bonds is 5. The predicted octanol–water partition coefficient (Wildman–Crippen LogP) is 2.78. The number of fused-ring (bicyclic) bond motifs is 2. The van der Waals surface area contributed by atoms with Crippen LogP contribution >= 0.6 is 0 Å². The number of carboxylic acids is 1. The molecule has 0 amide bonds. The average Bonchev–Trinajstić information content (AvgIpc) is 2.90. The van der Waals surface area contributed by atoms with Gasteiger partial charge in [-0.25, -0.2) is 4.79 Å². The van der Waals surface area contributed by atoms with Crippen LogP contribution in [0.2, 0.25) is 0 Å². The van der Waals surface area contributed by atoms with Crippen molar-refractivity contribution in [3.8, 4) is 5.75 Å². The normalized spacial score (nSPS) is 11.0. The molecule has 6 heteroatoms. The zero-order valence-corrected chi connectivity index (χ0v) is 11.0. The van der Waals surface area contributed by atoms with Crippen LogP contribution in [-0.2, 0) is 4.79 Å². The standard InChI is InChI=1S/C15H12O6/c16-11(17)2-1-6-19-15-13-10(5-7-20-13)8-9-3-4-12(18)21-14(9)15/h3-5,7-8H,1-2,6H2,(H,16,17). The minimum absolute atomic E-state index is 0.00993. The highest BCUT2D eigenvalue weighted by Crippen LogP contribution is 2.34. The van der Waals surface area contributed by atoms with Gasteiger partial charge in [-0.05, 0) is 24.6 Å². The first-order valence-electron chi connectivity index (χ1n) is 6.44. The average molecular weight is 288 g/mol. The van der Waals surface area contributed by atoms with Crippen LogP contribution in [0.5, 0.6) is 5.75 Å². The minimum Gasteiger partial charge on any atom is -0.486 e. The fraction of sp³-hybridized carbons (Fsp3) is 0.200. The molecular weight excluding hydrogens is 276 g/mol. The number of hydrogen-bond donors (Lipinski definition) is 1. The first kappa shape index (κ1) is 13.2. The third-order valence-corrected chi connectivity index (χ3v) is 3.06. The van der Waals surface area contributed by atoms with E-state index in [1.165, 1.54) is 12.3 Å². The molecule has 2 heterocycles. The Kier molecular flexibility index (Phi) is 3.35. The van der Waals surface area contributed by atoms with Crippen molar-refractivity contribution < 1.29 is 23.5 Å². The number of hydrogen-bond acceptors (Lipinski definition) is 5. The van der Waals surface area contributed by atoms with E-state index >= 15 is 0 Å². The van der Waals surface area contributed by atoms with Crippen LogP contribution in [-0.4, -0.2) is 17.7 Å². The van der Waals surface area contributed by atoms with Crippen LogP contribution in [0.25, 0.3) is 21.9 Å². The zero-order valence-electron chi connectivity index (χ0n) is 11.0. The van der Waals surface area contributed by atoms with E-state index < -0.39 is 11.6 Å². The third-order valence-electron chi connectivity index (χ3n) is 3.06. The molecule has 0 aliphatic heterocycles. The van der Waals surface area contributed by atoms with Crippen LogP contribution in [0, 0.1) is 0 Å². The van der Waals surface area contributed by atoms with E-state index in [1.807, 2.05) is 6.07 Å². The molecule has 2 aromatic heterocycles. The molecule has 0 bridgehead atoms. The molecule has 1 N–H and O–H groups in total. The maximum Gasteiger partial charge on any atom is 0.336 e. The number of carbonyl (C=O) groups is 1. The first-order chi connectivity index (χ1) is 10.1. The van der Waals surface area contributed by atoms with E-state index in [1.54, 1.807) is 12.1 Å². The summed E-state index contributed by atoms with van der Waals surface area (Å²) >= 11 is 0. The summed E-state index contributed by atoms with van der Waals surface area (Å²) in [5.41, 5.74) is 0.302.